The van der Waals surface area contributed by atoms with Crippen LogP contribution >= 0.6 is 0 Å². The summed E-state index contributed by atoms with van der Waals surface area (Å²) in [7, 11) is 1.77. The van der Waals surface area contributed by atoms with Gasteiger partial charge in [-0.25, -0.2) is 14.8 Å². The number of nitrogen functional groups attached to an aromatic ring is 1. The summed E-state index contributed by atoms with van der Waals surface area (Å²) in [6, 6.07) is 1.48. The number of carbonyl (C=O) groups is 1. The Kier molecular flexibility index (Phi) is 2.80. The van der Waals surface area contributed by atoms with Crippen molar-refractivity contribution in [3.63, 3.8) is 0 Å². The van der Waals surface area contributed by atoms with Crippen LogP contribution in [0, 0.1) is 0 Å². The van der Waals surface area contributed by atoms with Gasteiger partial charge in [-0.3, -0.25) is 0 Å². The van der Waals surface area contributed by atoms with Crippen molar-refractivity contribution < 1.29 is 15.0 Å². The molecular weight excluding hydrogens is 274 g/mol. The average molecular weight is 291 g/mol. The van der Waals surface area contributed by atoms with E-state index in [1.807, 2.05) is 0 Å². The summed E-state index contributed by atoms with van der Waals surface area (Å²) in [5, 5.41) is 20.7. The standard InChI is InChI=1S/C13H17N5O3/c1-7-4-13(21,5-18(7)12(19)20)9-3-8-10(14)15-6-16-11(8)17(9)2/h3,6-7,21H,4-5H2,1-2H3,(H,19,20)(H2,14,15,16)/t7-,13?/m0/s1. The van der Waals surface area contributed by atoms with E-state index in [9.17, 15) is 15.0 Å². The molecule has 21 heavy (non-hydrogen) atoms. The third kappa shape index (κ3) is 1.90. The SMILES string of the molecule is C[C@H]1CC(O)(c2cc3c(N)ncnc3n2C)CN1C(=O)O. The third-order valence-corrected chi connectivity index (χ3v) is 4.17. The molecule has 1 saturated heterocycles. The predicted molar refractivity (Wildman–Crippen MR) is 75.6 cm³/mol. The van der Waals surface area contributed by atoms with Crippen LogP contribution < -0.4 is 5.73 Å². The van der Waals surface area contributed by atoms with E-state index in [4.69, 9.17) is 5.73 Å². The molecule has 0 bridgehead atoms. The van der Waals surface area contributed by atoms with Gasteiger partial charge in [0.05, 0.1) is 17.6 Å². The third-order valence-electron chi connectivity index (χ3n) is 4.17. The topological polar surface area (TPSA) is 118 Å². The molecule has 2 aromatic rings. The molecule has 0 saturated carbocycles. The fourth-order valence-corrected chi connectivity index (χ4v) is 3.14. The smallest absolute Gasteiger partial charge is 0.407 e. The van der Waals surface area contributed by atoms with Gasteiger partial charge >= 0.3 is 6.09 Å². The van der Waals surface area contributed by atoms with Crippen molar-refractivity contribution >= 4 is 22.9 Å². The molecule has 3 heterocycles. The van der Waals surface area contributed by atoms with Crippen LogP contribution in [0.25, 0.3) is 11.0 Å². The number of amides is 1. The molecule has 2 atom stereocenters. The second-order valence-corrected chi connectivity index (χ2v) is 5.58. The van der Waals surface area contributed by atoms with Crippen molar-refractivity contribution in [2.75, 3.05) is 12.3 Å². The number of β-amino-alcohol motifs (C(OH)–C–C–N with tert-alkyl or cyclic N) is 1. The first-order valence-electron chi connectivity index (χ1n) is 6.62. The number of anilines is 1. The highest BCUT2D eigenvalue weighted by Gasteiger charge is 2.46. The molecule has 112 valence electrons. The minimum absolute atomic E-state index is 0.0288. The van der Waals surface area contributed by atoms with Crippen LogP contribution in [0.1, 0.15) is 19.0 Å². The zero-order valence-corrected chi connectivity index (χ0v) is 11.8. The Bertz CT molecular complexity index is 728. The van der Waals surface area contributed by atoms with E-state index in [0.717, 1.165) is 0 Å². The van der Waals surface area contributed by atoms with Crippen LogP contribution in [0.2, 0.25) is 0 Å². The molecule has 1 aliphatic heterocycles. The molecule has 1 amide bonds. The maximum Gasteiger partial charge on any atom is 0.407 e. The molecule has 8 heteroatoms. The second-order valence-electron chi connectivity index (χ2n) is 5.58. The summed E-state index contributed by atoms with van der Waals surface area (Å²) < 4.78 is 1.74. The number of likely N-dealkylation sites (tertiary alicyclic amines) is 1. The fraction of sp³-hybridized carbons (Fsp3) is 0.462. The number of hydrogen-bond donors (Lipinski definition) is 3. The minimum Gasteiger partial charge on any atom is -0.465 e. The first-order valence-corrected chi connectivity index (χ1v) is 6.62. The van der Waals surface area contributed by atoms with Crippen LogP contribution in [0.15, 0.2) is 12.4 Å². The Morgan fingerprint density at radius 3 is 2.81 bits per heavy atom. The van der Waals surface area contributed by atoms with Crippen LogP contribution in [-0.2, 0) is 12.6 Å². The maximum absolute atomic E-state index is 11.2. The van der Waals surface area contributed by atoms with Gasteiger partial charge in [-0.1, -0.05) is 0 Å². The molecule has 1 unspecified atom stereocenters. The van der Waals surface area contributed by atoms with Gasteiger partial charge in [0.2, 0.25) is 0 Å². The second kappa shape index (κ2) is 4.32. The quantitative estimate of drug-likeness (QED) is 0.704. The van der Waals surface area contributed by atoms with E-state index in [2.05, 4.69) is 9.97 Å². The van der Waals surface area contributed by atoms with Gasteiger partial charge in [-0.05, 0) is 13.0 Å². The van der Waals surface area contributed by atoms with Crippen molar-refractivity contribution in [2.45, 2.75) is 25.0 Å². The lowest BCUT2D eigenvalue weighted by Gasteiger charge is -2.23. The fourth-order valence-electron chi connectivity index (χ4n) is 3.14. The Hall–Kier alpha value is -2.35. The highest BCUT2D eigenvalue weighted by molar-refractivity contribution is 5.87. The van der Waals surface area contributed by atoms with Gasteiger partial charge in [0.1, 0.15) is 23.4 Å². The molecule has 2 aromatic heterocycles. The van der Waals surface area contributed by atoms with E-state index >= 15 is 0 Å². The van der Waals surface area contributed by atoms with E-state index < -0.39 is 11.7 Å². The molecule has 0 spiro atoms. The average Bonchev–Trinajstić information content (AvgIpc) is 2.90. The summed E-state index contributed by atoms with van der Waals surface area (Å²) in [6.45, 7) is 1.81. The highest BCUT2D eigenvalue weighted by Crippen LogP contribution is 2.38. The lowest BCUT2D eigenvalue weighted by atomic mass is 9.96. The lowest BCUT2D eigenvalue weighted by Crippen LogP contribution is -2.36. The van der Waals surface area contributed by atoms with Gasteiger partial charge in [0.25, 0.3) is 0 Å². The van der Waals surface area contributed by atoms with E-state index in [1.54, 1.807) is 24.6 Å². The maximum atomic E-state index is 11.2. The number of hydrogen-bond acceptors (Lipinski definition) is 5. The number of fused-ring (bicyclic) bond motifs is 1. The Morgan fingerprint density at radius 1 is 1.52 bits per heavy atom. The summed E-state index contributed by atoms with van der Waals surface area (Å²) in [6.07, 6.45) is 0.667. The normalized spacial score (nSPS) is 25.7. The van der Waals surface area contributed by atoms with Crippen LogP contribution in [-0.4, -0.2) is 48.3 Å². The lowest BCUT2D eigenvalue weighted by molar-refractivity contribution is 0.0393. The zero-order chi connectivity index (χ0) is 15.4. The van der Waals surface area contributed by atoms with E-state index in [-0.39, 0.29) is 12.6 Å². The number of aromatic nitrogens is 3. The van der Waals surface area contributed by atoms with Gasteiger partial charge in [-0.15, -0.1) is 0 Å². The Morgan fingerprint density at radius 2 is 2.24 bits per heavy atom. The predicted octanol–water partition coefficient (Wildman–Crippen LogP) is 0.510. The number of nitrogens with zero attached hydrogens (tertiary/aromatic N) is 4. The molecule has 8 nitrogen and oxygen atoms in total. The minimum atomic E-state index is -1.25. The van der Waals surface area contributed by atoms with Crippen molar-refractivity contribution in [2.24, 2.45) is 7.05 Å². The van der Waals surface area contributed by atoms with Crippen molar-refractivity contribution in [1.82, 2.24) is 19.4 Å². The molecule has 4 N–H and O–H groups in total. The van der Waals surface area contributed by atoms with Crippen LogP contribution in [0.3, 0.4) is 0 Å². The summed E-state index contributed by atoms with van der Waals surface area (Å²) in [5.41, 5.74) is 5.80. The highest BCUT2D eigenvalue weighted by atomic mass is 16.4. The van der Waals surface area contributed by atoms with Gasteiger partial charge in [0, 0.05) is 19.5 Å². The number of carboxylic acid groups (broad SMARTS) is 1. The summed E-state index contributed by atoms with van der Waals surface area (Å²) >= 11 is 0. The molecule has 1 fully saturated rings. The molecule has 1 aliphatic rings. The molecule has 0 radical (unpaired) electrons. The zero-order valence-electron chi connectivity index (χ0n) is 11.8. The van der Waals surface area contributed by atoms with E-state index in [0.29, 0.717) is 29.0 Å². The van der Waals surface area contributed by atoms with Gasteiger partial charge in [-0.2, -0.15) is 0 Å². The number of aliphatic hydroxyl groups is 1. The van der Waals surface area contributed by atoms with Crippen molar-refractivity contribution in [3.05, 3.63) is 18.1 Å². The van der Waals surface area contributed by atoms with Gasteiger partial charge < -0.3 is 25.4 Å². The molecule has 0 aliphatic carbocycles. The first kappa shape index (κ1) is 13.6. The first-order chi connectivity index (χ1) is 9.83. The number of rotatable bonds is 1. The Balaban J connectivity index is 2.11. The van der Waals surface area contributed by atoms with Crippen LogP contribution in [0.4, 0.5) is 10.6 Å². The Labute approximate surface area is 120 Å². The monoisotopic (exact) mass is 291 g/mol. The van der Waals surface area contributed by atoms with Crippen molar-refractivity contribution in [1.29, 1.82) is 0 Å². The summed E-state index contributed by atoms with van der Waals surface area (Å²) in [5.74, 6) is 0.339. The van der Waals surface area contributed by atoms with E-state index in [1.165, 1.54) is 11.2 Å². The largest absolute Gasteiger partial charge is 0.465 e. The number of nitrogens with two attached hydrogens (primary N) is 1. The molecular formula is C13H17N5O3. The van der Waals surface area contributed by atoms with Gasteiger partial charge in [0.15, 0.2) is 0 Å². The molecule has 3 rings (SSSR count). The summed E-state index contributed by atoms with van der Waals surface area (Å²) in [4.78, 5) is 20.6. The van der Waals surface area contributed by atoms with Crippen LogP contribution in [0.5, 0.6) is 0 Å². The molecule has 0 aromatic carbocycles. The number of aryl methyl sites for hydroxylation is 1. The van der Waals surface area contributed by atoms with Crippen molar-refractivity contribution in [3.8, 4) is 0 Å².